The van der Waals surface area contributed by atoms with Gasteiger partial charge in [-0.3, -0.25) is 9.59 Å². The van der Waals surface area contributed by atoms with Crippen molar-refractivity contribution in [1.29, 1.82) is 0 Å². The summed E-state index contributed by atoms with van der Waals surface area (Å²) in [4.78, 5) is 28.1. The van der Waals surface area contributed by atoms with E-state index in [0.29, 0.717) is 52.3 Å². The van der Waals surface area contributed by atoms with Gasteiger partial charge < -0.3 is 24.6 Å². The number of nitrogens with zero attached hydrogens (tertiary/aromatic N) is 2. The number of hydrogen-bond acceptors (Lipinski definition) is 5. The lowest BCUT2D eigenvalue weighted by Gasteiger charge is -2.42. The van der Waals surface area contributed by atoms with Crippen LogP contribution in [-0.2, 0) is 19.1 Å². The zero-order valence-electron chi connectivity index (χ0n) is 14.4. The van der Waals surface area contributed by atoms with Crippen LogP contribution in [0.25, 0.3) is 0 Å². The second-order valence-electron chi connectivity index (χ2n) is 7.02. The van der Waals surface area contributed by atoms with Gasteiger partial charge in [-0.15, -0.1) is 0 Å². The van der Waals surface area contributed by atoms with E-state index in [-0.39, 0.29) is 11.8 Å². The summed E-state index contributed by atoms with van der Waals surface area (Å²) >= 11 is 0. The Kier molecular flexibility index (Phi) is 6.08. The van der Waals surface area contributed by atoms with E-state index in [9.17, 15) is 9.59 Å². The van der Waals surface area contributed by atoms with E-state index in [1.54, 1.807) is 0 Å². The minimum Gasteiger partial charge on any atom is -0.377 e. The van der Waals surface area contributed by atoms with Gasteiger partial charge in [-0.05, 0) is 19.3 Å². The lowest BCUT2D eigenvalue weighted by molar-refractivity contribution is -0.158. The molecule has 7 heteroatoms. The highest BCUT2D eigenvalue weighted by Gasteiger charge is 2.39. The van der Waals surface area contributed by atoms with Gasteiger partial charge in [-0.25, -0.2) is 0 Å². The van der Waals surface area contributed by atoms with Crippen LogP contribution < -0.4 is 5.32 Å². The van der Waals surface area contributed by atoms with Crippen molar-refractivity contribution in [2.45, 2.75) is 37.7 Å². The third-order valence-electron chi connectivity index (χ3n) is 5.08. The fourth-order valence-electron chi connectivity index (χ4n) is 3.70. The van der Waals surface area contributed by atoms with E-state index >= 15 is 0 Å². The van der Waals surface area contributed by atoms with E-state index in [1.807, 2.05) is 9.80 Å². The summed E-state index contributed by atoms with van der Waals surface area (Å²) < 4.78 is 11.6. The number of piperidine rings is 1. The highest BCUT2D eigenvalue weighted by molar-refractivity contribution is 5.77. The van der Waals surface area contributed by atoms with Crippen LogP contribution in [0.1, 0.15) is 32.1 Å². The molecule has 0 unspecified atom stereocenters. The van der Waals surface area contributed by atoms with Gasteiger partial charge in [0, 0.05) is 45.6 Å². The van der Waals surface area contributed by atoms with Crippen LogP contribution in [0.15, 0.2) is 0 Å². The van der Waals surface area contributed by atoms with Crippen LogP contribution in [0.5, 0.6) is 0 Å². The Hall–Kier alpha value is -1.18. The third kappa shape index (κ3) is 4.46. The Morgan fingerprint density at radius 1 is 1.25 bits per heavy atom. The summed E-state index contributed by atoms with van der Waals surface area (Å²) in [6.07, 6.45) is 3.98. The Balaban J connectivity index is 1.45. The fourth-order valence-corrected chi connectivity index (χ4v) is 3.70. The van der Waals surface area contributed by atoms with Gasteiger partial charge in [0.05, 0.1) is 26.4 Å². The first-order valence-electron chi connectivity index (χ1n) is 9.17. The molecular weight excluding hydrogens is 310 g/mol. The number of hydrogen-bond donors (Lipinski definition) is 1. The number of ether oxygens (including phenoxy) is 2. The number of amides is 2. The van der Waals surface area contributed by atoms with Crippen LogP contribution in [0, 0.1) is 0 Å². The van der Waals surface area contributed by atoms with Crippen LogP contribution in [0.4, 0.5) is 0 Å². The molecule has 0 saturated carbocycles. The molecule has 0 aliphatic carbocycles. The summed E-state index contributed by atoms with van der Waals surface area (Å²) in [5, 5.41) is 3.33. The molecule has 3 rings (SSSR count). The summed E-state index contributed by atoms with van der Waals surface area (Å²) in [6, 6.07) is 0. The van der Waals surface area contributed by atoms with Crippen molar-refractivity contribution >= 4 is 11.8 Å². The quantitative estimate of drug-likeness (QED) is 0.780. The summed E-state index contributed by atoms with van der Waals surface area (Å²) in [5.41, 5.74) is -0.409. The zero-order valence-corrected chi connectivity index (χ0v) is 14.4. The van der Waals surface area contributed by atoms with Gasteiger partial charge in [0.15, 0.2) is 0 Å². The number of likely N-dealkylation sites (tertiary alicyclic amines) is 1. The van der Waals surface area contributed by atoms with Crippen molar-refractivity contribution in [3.63, 3.8) is 0 Å². The number of morpholine rings is 1. The van der Waals surface area contributed by atoms with Crippen LogP contribution in [0.3, 0.4) is 0 Å². The van der Waals surface area contributed by atoms with Gasteiger partial charge >= 0.3 is 0 Å². The number of carbonyl (C=O) groups excluding carboxylic acids is 2. The number of rotatable bonds is 4. The topological polar surface area (TPSA) is 71.1 Å². The molecule has 3 saturated heterocycles. The smallest absolute Gasteiger partial charge is 0.222 e. The van der Waals surface area contributed by atoms with E-state index in [2.05, 4.69) is 5.32 Å². The van der Waals surface area contributed by atoms with Crippen LogP contribution in [0.2, 0.25) is 0 Å². The molecule has 0 bridgehead atoms. The second kappa shape index (κ2) is 8.27. The normalized spacial score (nSPS) is 28.9. The van der Waals surface area contributed by atoms with Crippen molar-refractivity contribution in [2.24, 2.45) is 0 Å². The third-order valence-corrected chi connectivity index (χ3v) is 5.08. The maximum Gasteiger partial charge on any atom is 0.222 e. The Morgan fingerprint density at radius 3 is 3.04 bits per heavy atom. The van der Waals surface area contributed by atoms with E-state index in [1.165, 1.54) is 0 Å². The molecule has 0 aromatic carbocycles. The highest BCUT2D eigenvalue weighted by atomic mass is 16.5. The molecule has 3 heterocycles. The monoisotopic (exact) mass is 339 g/mol. The van der Waals surface area contributed by atoms with Crippen molar-refractivity contribution in [3.05, 3.63) is 0 Å². The molecule has 3 aliphatic rings. The molecule has 3 aliphatic heterocycles. The minimum absolute atomic E-state index is 0.159. The molecule has 1 N–H and O–H groups in total. The lowest BCUT2D eigenvalue weighted by Crippen LogP contribution is -2.59. The molecular formula is C17H29N3O4. The molecule has 3 fully saturated rings. The molecule has 136 valence electrons. The average molecular weight is 339 g/mol. The summed E-state index contributed by atoms with van der Waals surface area (Å²) in [5.74, 6) is 0.395. The van der Waals surface area contributed by atoms with Gasteiger partial charge in [-0.1, -0.05) is 0 Å². The molecule has 1 atom stereocenters. The first kappa shape index (κ1) is 17.6. The SMILES string of the molecule is O=C1CCCCN1CCCC(=O)N1CCO[C@@]2(CNCCOC2)C1. The van der Waals surface area contributed by atoms with Crippen molar-refractivity contribution in [2.75, 3.05) is 59.1 Å². The molecule has 2 amide bonds. The average Bonchev–Trinajstić information content (AvgIpc) is 2.82. The lowest BCUT2D eigenvalue weighted by atomic mass is 10.0. The van der Waals surface area contributed by atoms with Crippen molar-refractivity contribution in [3.8, 4) is 0 Å². The van der Waals surface area contributed by atoms with Crippen molar-refractivity contribution in [1.82, 2.24) is 15.1 Å². The van der Waals surface area contributed by atoms with E-state index < -0.39 is 5.60 Å². The molecule has 0 aromatic rings. The summed E-state index contributed by atoms with van der Waals surface area (Å²) in [6.45, 7) is 6.09. The maximum absolute atomic E-state index is 12.5. The van der Waals surface area contributed by atoms with Gasteiger partial charge in [0.2, 0.25) is 11.8 Å². The fraction of sp³-hybridized carbons (Fsp3) is 0.882. The minimum atomic E-state index is -0.409. The zero-order chi connectivity index (χ0) is 16.8. The second-order valence-corrected chi connectivity index (χ2v) is 7.02. The van der Waals surface area contributed by atoms with Gasteiger partial charge in [-0.2, -0.15) is 0 Å². The molecule has 1 spiro atoms. The van der Waals surface area contributed by atoms with E-state index in [4.69, 9.17) is 9.47 Å². The molecule has 24 heavy (non-hydrogen) atoms. The van der Waals surface area contributed by atoms with Gasteiger partial charge in [0.1, 0.15) is 5.60 Å². The maximum atomic E-state index is 12.5. The number of carbonyl (C=O) groups is 2. The first-order valence-corrected chi connectivity index (χ1v) is 9.17. The molecule has 0 radical (unpaired) electrons. The molecule has 7 nitrogen and oxygen atoms in total. The highest BCUT2D eigenvalue weighted by Crippen LogP contribution is 2.20. The largest absolute Gasteiger partial charge is 0.377 e. The van der Waals surface area contributed by atoms with Crippen molar-refractivity contribution < 1.29 is 19.1 Å². The predicted molar refractivity (Wildman–Crippen MR) is 88.6 cm³/mol. The Morgan fingerprint density at radius 2 is 2.17 bits per heavy atom. The van der Waals surface area contributed by atoms with Crippen LogP contribution >= 0.6 is 0 Å². The first-order chi connectivity index (χ1) is 11.7. The Labute approximate surface area is 143 Å². The predicted octanol–water partition coefficient (Wildman–Crippen LogP) is -0.00350. The molecule has 0 aromatic heterocycles. The van der Waals surface area contributed by atoms with Gasteiger partial charge in [0.25, 0.3) is 0 Å². The summed E-state index contributed by atoms with van der Waals surface area (Å²) in [7, 11) is 0. The standard InChI is InChI=1S/C17H29N3O4/c21-15-4-1-2-7-19(15)8-3-5-16(22)20-9-11-24-17(13-20)12-18-6-10-23-14-17/h18H,1-14H2/t17-/m0/s1. The van der Waals surface area contributed by atoms with Crippen LogP contribution in [-0.4, -0.2) is 86.3 Å². The Bertz CT molecular complexity index is 449. The number of nitrogens with one attached hydrogen (secondary N) is 1. The van der Waals surface area contributed by atoms with E-state index in [0.717, 1.165) is 38.9 Å².